The van der Waals surface area contributed by atoms with Gasteiger partial charge in [0.1, 0.15) is 6.29 Å². The quantitative estimate of drug-likeness (QED) is 0.540. The average Bonchev–Trinajstić information content (AvgIpc) is 2.16. The Morgan fingerprint density at radius 3 is 2.67 bits per heavy atom. The van der Waals surface area contributed by atoms with E-state index >= 15 is 0 Å². The number of aldehydes is 1. The largest absolute Gasteiger partial charge is 0.299 e. The van der Waals surface area contributed by atoms with Gasteiger partial charge in [0.05, 0.1) is 0 Å². The van der Waals surface area contributed by atoms with Crippen LogP contribution in [-0.4, -0.2) is 6.29 Å². The first-order chi connectivity index (χ1) is 7.13. The Bertz CT molecular complexity index is 362. The van der Waals surface area contributed by atoms with Crippen molar-refractivity contribution in [1.29, 1.82) is 0 Å². The first-order valence-electron chi connectivity index (χ1n) is 5.35. The lowest BCUT2D eigenvalue weighted by atomic mass is 9.96. The number of hydrogen-bond acceptors (Lipinski definition) is 1. The van der Waals surface area contributed by atoms with Crippen LogP contribution in [0.2, 0.25) is 0 Å². The highest BCUT2D eigenvalue weighted by atomic mass is 16.1. The van der Waals surface area contributed by atoms with Gasteiger partial charge in [-0.3, -0.25) is 4.79 Å². The van der Waals surface area contributed by atoms with Gasteiger partial charge in [0.15, 0.2) is 0 Å². The molecular formula is C14H18O. The molecule has 1 aromatic carbocycles. The molecule has 0 atom stereocenters. The molecule has 0 fully saturated rings. The van der Waals surface area contributed by atoms with E-state index in [1.54, 1.807) is 6.08 Å². The molecule has 15 heavy (non-hydrogen) atoms. The van der Waals surface area contributed by atoms with Crippen molar-refractivity contribution in [2.45, 2.75) is 27.2 Å². The number of allylic oxidation sites excluding steroid dienone is 1. The Morgan fingerprint density at radius 2 is 2.07 bits per heavy atom. The first-order valence-corrected chi connectivity index (χ1v) is 5.35. The van der Waals surface area contributed by atoms with Crippen LogP contribution in [0.3, 0.4) is 0 Å². The zero-order valence-corrected chi connectivity index (χ0v) is 9.66. The van der Waals surface area contributed by atoms with E-state index in [-0.39, 0.29) is 0 Å². The minimum absolute atomic E-state index is 0.634. The van der Waals surface area contributed by atoms with Crippen LogP contribution in [-0.2, 0) is 11.2 Å². The Kier molecular flexibility index (Phi) is 4.29. The SMILES string of the molecule is Cc1ccc(/C=C/C=O)c(CC(C)C)c1. The molecule has 0 aromatic heterocycles. The van der Waals surface area contributed by atoms with E-state index in [9.17, 15) is 4.79 Å². The first kappa shape index (κ1) is 11.7. The molecule has 80 valence electrons. The smallest absolute Gasteiger partial charge is 0.142 e. The van der Waals surface area contributed by atoms with Crippen LogP contribution in [0, 0.1) is 12.8 Å². The van der Waals surface area contributed by atoms with Gasteiger partial charge in [-0.05, 0) is 36.5 Å². The van der Waals surface area contributed by atoms with Crippen molar-refractivity contribution >= 4 is 12.4 Å². The standard InChI is InChI=1S/C14H18O/c1-11(2)9-14-10-12(3)6-7-13(14)5-4-8-15/h4-8,10-11H,9H2,1-3H3/b5-4+. The number of carbonyl (C=O) groups excluding carboxylic acids is 1. The summed E-state index contributed by atoms with van der Waals surface area (Å²) in [7, 11) is 0. The molecule has 0 radical (unpaired) electrons. The van der Waals surface area contributed by atoms with E-state index in [1.165, 1.54) is 11.1 Å². The third-order valence-corrected chi connectivity index (χ3v) is 2.28. The lowest BCUT2D eigenvalue weighted by Crippen LogP contribution is -1.97. The van der Waals surface area contributed by atoms with Crippen LogP contribution >= 0.6 is 0 Å². The van der Waals surface area contributed by atoms with Crippen LogP contribution in [0.15, 0.2) is 24.3 Å². The van der Waals surface area contributed by atoms with E-state index in [1.807, 2.05) is 6.08 Å². The summed E-state index contributed by atoms with van der Waals surface area (Å²) < 4.78 is 0. The molecule has 1 rings (SSSR count). The molecule has 0 aliphatic carbocycles. The molecule has 0 aliphatic heterocycles. The zero-order valence-electron chi connectivity index (χ0n) is 9.66. The van der Waals surface area contributed by atoms with Crippen molar-refractivity contribution in [3.63, 3.8) is 0 Å². The number of aryl methyl sites for hydroxylation is 1. The van der Waals surface area contributed by atoms with E-state index in [4.69, 9.17) is 0 Å². The Labute approximate surface area is 91.8 Å². The van der Waals surface area contributed by atoms with Gasteiger partial charge in [-0.25, -0.2) is 0 Å². The van der Waals surface area contributed by atoms with Crippen molar-refractivity contribution in [2.75, 3.05) is 0 Å². The number of carbonyl (C=O) groups is 1. The summed E-state index contributed by atoms with van der Waals surface area (Å²) in [6.45, 7) is 6.50. The molecule has 0 saturated heterocycles. The Balaban J connectivity index is 3.02. The molecule has 0 amide bonds. The Morgan fingerprint density at radius 1 is 1.33 bits per heavy atom. The van der Waals surface area contributed by atoms with E-state index < -0.39 is 0 Å². The van der Waals surface area contributed by atoms with Crippen LogP contribution < -0.4 is 0 Å². The molecule has 0 unspecified atom stereocenters. The third-order valence-electron chi connectivity index (χ3n) is 2.28. The maximum atomic E-state index is 10.3. The molecule has 0 saturated carbocycles. The van der Waals surface area contributed by atoms with Gasteiger partial charge in [-0.2, -0.15) is 0 Å². The Hall–Kier alpha value is -1.37. The molecule has 0 bridgehead atoms. The van der Waals surface area contributed by atoms with Crippen molar-refractivity contribution in [2.24, 2.45) is 5.92 Å². The van der Waals surface area contributed by atoms with Gasteiger partial charge in [-0.15, -0.1) is 0 Å². The summed E-state index contributed by atoms with van der Waals surface area (Å²) >= 11 is 0. The number of rotatable bonds is 4. The molecule has 1 nitrogen and oxygen atoms in total. The predicted octanol–water partition coefficient (Wildman–Crippen LogP) is 3.41. The molecular weight excluding hydrogens is 184 g/mol. The molecule has 0 spiro atoms. The lowest BCUT2D eigenvalue weighted by Gasteiger charge is -2.09. The number of hydrogen-bond donors (Lipinski definition) is 0. The average molecular weight is 202 g/mol. The molecule has 0 aliphatic rings. The van der Waals surface area contributed by atoms with Crippen LogP contribution in [0.1, 0.15) is 30.5 Å². The fourth-order valence-electron chi connectivity index (χ4n) is 1.66. The van der Waals surface area contributed by atoms with Crippen molar-refractivity contribution in [1.82, 2.24) is 0 Å². The monoisotopic (exact) mass is 202 g/mol. The van der Waals surface area contributed by atoms with Crippen molar-refractivity contribution in [3.8, 4) is 0 Å². The van der Waals surface area contributed by atoms with Crippen molar-refractivity contribution < 1.29 is 4.79 Å². The second-order valence-corrected chi connectivity index (χ2v) is 4.30. The van der Waals surface area contributed by atoms with Gasteiger partial charge in [0.25, 0.3) is 0 Å². The third kappa shape index (κ3) is 3.70. The second-order valence-electron chi connectivity index (χ2n) is 4.30. The molecule has 1 heteroatoms. The van der Waals surface area contributed by atoms with E-state index in [2.05, 4.69) is 39.0 Å². The summed E-state index contributed by atoms with van der Waals surface area (Å²) in [6, 6.07) is 6.35. The summed E-state index contributed by atoms with van der Waals surface area (Å²) in [5.41, 5.74) is 3.75. The predicted molar refractivity (Wildman–Crippen MR) is 64.8 cm³/mol. The molecule has 0 heterocycles. The van der Waals surface area contributed by atoms with Gasteiger partial charge < -0.3 is 0 Å². The second kappa shape index (κ2) is 5.50. The highest BCUT2D eigenvalue weighted by Gasteiger charge is 2.02. The maximum absolute atomic E-state index is 10.3. The zero-order chi connectivity index (χ0) is 11.3. The fourth-order valence-corrected chi connectivity index (χ4v) is 1.66. The molecule has 1 aromatic rings. The lowest BCUT2D eigenvalue weighted by molar-refractivity contribution is -0.104. The maximum Gasteiger partial charge on any atom is 0.142 e. The van der Waals surface area contributed by atoms with E-state index in [0.29, 0.717) is 5.92 Å². The number of benzene rings is 1. The highest BCUT2D eigenvalue weighted by Crippen LogP contribution is 2.17. The van der Waals surface area contributed by atoms with Crippen LogP contribution in [0.5, 0.6) is 0 Å². The summed E-state index contributed by atoms with van der Waals surface area (Å²) in [5, 5.41) is 0. The summed E-state index contributed by atoms with van der Waals surface area (Å²) in [5.74, 6) is 0.634. The highest BCUT2D eigenvalue weighted by molar-refractivity contribution is 5.74. The normalized spacial score (nSPS) is 11.2. The minimum atomic E-state index is 0.634. The van der Waals surface area contributed by atoms with E-state index in [0.717, 1.165) is 18.3 Å². The van der Waals surface area contributed by atoms with Gasteiger partial charge in [0, 0.05) is 0 Å². The molecule has 0 N–H and O–H groups in total. The fraction of sp³-hybridized carbons (Fsp3) is 0.357. The van der Waals surface area contributed by atoms with Crippen LogP contribution in [0.25, 0.3) is 6.08 Å². The van der Waals surface area contributed by atoms with Crippen molar-refractivity contribution in [3.05, 3.63) is 41.0 Å². The van der Waals surface area contributed by atoms with Gasteiger partial charge in [-0.1, -0.05) is 43.7 Å². The van der Waals surface area contributed by atoms with Gasteiger partial charge >= 0.3 is 0 Å². The topological polar surface area (TPSA) is 17.1 Å². The van der Waals surface area contributed by atoms with Gasteiger partial charge in [0.2, 0.25) is 0 Å². The minimum Gasteiger partial charge on any atom is -0.299 e. The summed E-state index contributed by atoms with van der Waals surface area (Å²) in [4.78, 5) is 10.3. The summed E-state index contributed by atoms with van der Waals surface area (Å²) in [6.07, 6.45) is 5.30. The van der Waals surface area contributed by atoms with Crippen LogP contribution in [0.4, 0.5) is 0 Å².